The van der Waals surface area contributed by atoms with Crippen LogP contribution >= 0.6 is 0 Å². The molecular formula is C11H17N3O2S. The number of sulfone groups is 1. The average molecular weight is 255 g/mol. The first-order valence-electron chi connectivity index (χ1n) is 6.27. The van der Waals surface area contributed by atoms with E-state index in [1.165, 1.54) is 25.7 Å². The lowest BCUT2D eigenvalue weighted by molar-refractivity contribution is 0.601. The molecule has 0 bridgehead atoms. The fraction of sp³-hybridized carbons (Fsp3) is 0.818. The number of aromatic amines is 1. The van der Waals surface area contributed by atoms with Crippen molar-refractivity contribution in [3.63, 3.8) is 0 Å². The van der Waals surface area contributed by atoms with Gasteiger partial charge in [0.25, 0.3) is 0 Å². The van der Waals surface area contributed by atoms with Crippen LogP contribution in [0.4, 0.5) is 0 Å². The van der Waals surface area contributed by atoms with Crippen LogP contribution < -0.4 is 0 Å². The second-order valence-electron chi connectivity index (χ2n) is 5.16. The summed E-state index contributed by atoms with van der Waals surface area (Å²) in [6.07, 6.45) is 5.55. The number of hydrogen-bond donors (Lipinski definition) is 1. The molecule has 2 aliphatic rings. The van der Waals surface area contributed by atoms with Crippen molar-refractivity contribution in [1.82, 2.24) is 15.2 Å². The van der Waals surface area contributed by atoms with E-state index in [2.05, 4.69) is 15.2 Å². The summed E-state index contributed by atoms with van der Waals surface area (Å²) in [5.74, 6) is 2.68. The molecule has 1 atom stereocenters. The van der Waals surface area contributed by atoms with E-state index < -0.39 is 9.84 Å². The molecule has 1 aromatic heterocycles. The molecule has 0 aromatic carbocycles. The first-order chi connectivity index (χ1) is 8.14. The van der Waals surface area contributed by atoms with Crippen molar-refractivity contribution < 1.29 is 8.42 Å². The van der Waals surface area contributed by atoms with Gasteiger partial charge in [-0.2, -0.15) is 5.10 Å². The number of aromatic nitrogens is 3. The zero-order valence-electron chi connectivity index (χ0n) is 9.72. The molecule has 0 spiro atoms. The molecule has 3 rings (SSSR count). The molecule has 5 nitrogen and oxygen atoms in total. The molecule has 1 N–H and O–H groups in total. The van der Waals surface area contributed by atoms with Crippen molar-refractivity contribution in [1.29, 1.82) is 0 Å². The standard InChI is InChI=1S/C11H17N3O2S/c15-17(16)6-5-9(7-17)11-12-10(13-14-11)8-3-1-2-4-8/h8-9H,1-7H2,(H,12,13,14). The van der Waals surface area contributed by atoms with Crippen molar-refractivity contribution in [2.45, 2.75) is 43.9 Å². The van der Waals surface area contributed by atoms with Crippen molar-refractivity contribution in [3.05, 3.63) is 11.6 Å². The van der Waals surface area contributed by atoms with E-state index >= 15 is 0 Å². The van der Waals surface area contributed by atoms with Gasteiger partial charge in [-0.1, -0.05) is 12.8 Å². The number of nitrogens with zero attached hydrogens (tertiary/aromatic N) is 2. The molecule has 94 valence electrons. The highest BCUT2D eigenvalue weighted by Gasteiger charge is 2.32. The average Bonchev–Trinajstić information content (AvgIpc) is 2.93. The molecule has 2 heterocycles. The summed E-state index contributed by atoms with van der Waals surface area (Å²) < 4.78 is 22.8. The summed E-state index contributed by atoms with van der Waals surface area (Å²) in [7, 11) is -2.85. The van der Waals surface area contributed by atoms with E-state index in [1.54, 1.807) is 0 Å². The topological polar surface area (TPSA) is 75.7 Å². The van der Waals surface area contributed by atoms with Gasteiger partial charge < -0.3 is 0 Å². The molecule has 2 fully saturated rings. The van der Waals surface area contributed by atoms with Gasteiger partial charge in [-0.15, -0.1) is 0 Å². The first-order valence-corrected chi connectivity index (χ1v) is 8.09. The predicted octanol–water partition coefficient (Wildman–Crippen LogP) is 1.36. The highest BCUT2D eigenvalue weighted by atomic mass is 32.2. The number of hydrogen-bond acceptors (Lipinski definition) is 4. The molecule has 1 aliphatic heterocycles. The molecule has 1 unspecified atom stereocenters. The Bertz CT molecular complexity index is 503. The first kappa shape index (κ1) is 11.2. The fourth-order valence-corrected chi connectivity index (χ4v) is 4.59. The van der Waals surface area contributed by atoms with Gasteiger partial charge >= 0.3 is 0 Å². The predicted molar refractivity (Wildman–Crippen MR) is 63.6 cm³/mol. The monoisotopic (exact) mass is 255 g/mol. The Morgan fingerprint density at radius 1 is 1.12 bits per heavy atom. The summed E-state index contributed by atoms with van der Waals surface area (Å²) in [5.41, 5.74) is 0. The van der Waals surface area contributed by atoms with Crippen LogP contribution in [0.1, 0.15) is 55.6 Å². The third kappa shape index (κ3) is 2.22. The summed E-state index contributed by atoms with van der Waals surface area (Å²) in [5, 5.41) is 7.20. The van der Waals surface area contributed by atoms with E-state index in [1.807, 2.05) is 0 Å². The SMILES string of the molecule is O=S1(=O)CCC(c2n[nH]c(C3CCCC3)n2)C1. The minimum Gasteiger partial charge on any atom is -0.263 e. The minimum atomic E-state index is -2.85. The molecule has 1 saturated carbocycles. The van der Waals surface area contributed by atoms with E-state index in [-0.39, 0.29) is 17.4 Å². The van der Waals surface area contributed by atoms with Crippen molar-refractivity contribution in [3.8, 4) is 0 Å². The maximum atomic E-state index is 11.4. The Hall–Kier alpha value is -0.910. The highest BCUT2D eigenvalue weighted by molar-refractivity contribution is 7.91. The summed E-state index contributed by atoms with van der Waals surface area (Å²) >= 11 is 0. The normalized spacial score (nSPS) is 28.8. The molecule has 6 heteroatoms. The Balaban J connectivity index is 1.76. The van der Waals surface area contributed by atoms with E-state index in [0.717, 1.165) is 5.82 Å². The lowest BCUT2D eigenvalue weighted by Gasteiger charge is -2.03. The second-order valence-corrected chi connectivity index (χ2v) is 7.39. The van der Waals surface area contributed by atoms with Gasteiger partial charge in [0.2, 0.25) is 0 Å². The number of rotatable bonds is 2. The third-order valence-corrected chi connectivity index (χ3v) is 5.63. The Kier molecular flexibility index (Phi) is 2.69. The lowest BCUT2D eigenvalue weighted by atomic mass is 10.1. The van der Waals surface area contributed by atoms with Gasteiger partial charge in [-0.25, -0.2) is 13.4 Å². The summed E-state index contributed by atoms with van der Waals surface area (Å²) in [6, 6.07) is 0. The van der Waals surface area contributed by atoms with Crippen molar-refractivity contribution >= 4 is 9.84 Å². The van der Waals surface area contributed by atoms with Gasteiger partial charge in [0.1, 0.15) is 5.82 Å². The van der Waals surface area contributed by atoms with Crippen LogP contribution in [0, 0.1) is 0 Å². The largest absolute Gasteiger partial charge is 0.263 e. The minimum absolute atomic E-state index is 0.00593. The van der Waals surface area contributed by atoms with Gasteiger partial charge in [0, 0.05) is 11.8 Å². The molecular weight excluding hydrogens is 238 g/mol. The number of H-pyrrole nitrogens is 1. The second kappa shape index (κ2) is 4.08. The molecule has 17 heavy (non-hydrogen) atoms. The van der Waals surface area contributed by atoms with Crippen LogP contribution in [-0.2, 0) is 9.84 Å². The van der Waals surface area contributed by atoms with E-state index in [9.17, 15) is 8.42 Å². The highest BCUT2D eigenvalue weighted by Crippen LogP contribution is 2.33. The van der Waals surface area contributed by atoms with Crippen molar-refractivity contribution in [2.24, 2.45) is 0 Å². The van der Waals surface area contributed by atoms with Gasteiger partial charge in [0.05, 0.1) is 11.5 Å². The maximum absolute atomic E-state index is 11.4. The third-order valence-electron chi connectivity index (χ3n) is 3.86. The molecule has 1 saturated heterocycles. The fourth-order valence-electron chi connectivity index (χ4n) is 2.85. The summed E-state index contributed by atoms with van der Waals surface area (Å²) in [4.78, 5) is 4.51. The molecule has 1 aliphatic carbocycles. The van der Waals surface area contributed by atoms with Crippen molar-refractivity contribution in [2.75, 3.05) is 11.5 Å². The zero-order chi connectivity index (χ0) is 11.9. The van der Waals surface area contributed by atoms with Crippen LogP contribution in [0.3, 0.4) is 0 Å². The van der Waals surface area contributed by atoms with Gasteiger partial charge in [-0.05, 0) is 19.3 Å². The van der Waals surface area contributed by atoms with Crippen LogP contribution in [0.5, 0.6) is 0 Å². The maximum Gasteiger partial charge on any atom is 0.154 e. The van der Waals surface area contributed by atoms with Crippen LogP contribution in [0.2, 0.25) is 0 Å². The lowest BCUT2D eigenvalue weighted by Crippen LogP contribution is -2.05. The van der Waals surface area contributed by atoms with Gasteiger partial charge in [-0.3, -0.25) is 5.10 Å². The Morgan fingerprint density at radius 3 is 2.53 bits per heavy atom. The quantitative estimate of drug-likeness (QED) is 0.865. The van der Waals surface area contributed by atoms with Crippen LogP contribution in [0.25, 0.3) is 0 Å². The zero-order valence-corrected chi connectivity index (χ0v) is 10.5. The van der Waals surface area contributed by atoms with Crippen LogP contribution in [0.15, 0.2) is 0 Å². The smallest absolute Gasteiger partial charge is 0.154 e. The Morgan fingerprint density at radius 2 is 1.88 bits per heavy atom. The van der Waals surface area contributed by atoms with E-state index in [0.29, 0.717) is 18.2 Å². The van der Waals surface area contributed by atoms with Crippen LogP contribution in [-0.4, -0.2) is 35.1 Å². The van der Waals surface area contributed by atoms with E-state index in [4.69, 9.17) is 0 Å². The number of nitrogens with one attached hydrogen (secondary N) is 1. The molecule has 0 radical (unpaired) electrons. The molecule has 1 aromatic rings. The Labute approximate surface area is 101 Å². The van der Waals surface area contributed by atoms with Gasteiger partial charge in [0.15, 0.2) is 15.7 Å². The molecule has 0 amide bonds. The summed E-state index contributed by atoms with van der Waals surface area (Å²) in [6.45, 7) is 0.